The smallest absolute Gasteiger partial charge is 0.303 e. The fraction of sp³-hybridized carbons (Fsp3) is 0.0357. The second-order valence-electron chi connectivity index (χ2n) is 8.79. The van der Waals surface area contributed by atoms with Crippen molar-refractivity contribution >= 4 is 56.6 Å². The van der Waals surface area contributed by atoms with Crippen LogP contribution in [0.25, 0.3) is 38.5 Å². The van der Waals surface area contributed by atoms with E-state index in [1.807, 2.05) is 47.1 Å². The number of anilines is 2. The van der Waals surface area contributed by atoms with Gasteiger partial charge < -0.3 is 5.32 Å². The van der Waals surface area contributed by atoms with Gasteiger partial charge in [0.1, 0.15) is 23.0 Å². The van der Waals surface area contributed by atoms with E-state index in [0.717, 1.165) is 39.2 Å². The molecule has 0 saturated heterocycles. The fourth-order valence-corrected chi connectivity index (χ4v) is 5.10. The van der Waals surface area contributed by atoms with Crippen LogP contribution in [-0.2, 0) is 11.3 Å². The van der Waals surface area contributed by atoms with Gasteiger partial charge in [-0.05, 0) is 60.2 Å². The normalized spacial score (nSPS) is 11.7. The van der Waals surface area contributed by atoms with Crippen molar-refractivity contribution in [1.82, 2.24) is 30.2 Å². The summed E-state index contributed by atoms with van der Waals surface area (Å²) in [6.45, 7) is 0.447. The van der Waals surface area contributed by atoms with Crippen molar-refractivity contribution in [2.75, 3.05) is 5.32 Å². The van der Waals surface area contributed by atoms with Crippen LogP contribution in [0.4, 0.5) is 20.3 Å². The van der Waals surface area contributed by atoms with Gasteiger partial charge in [-0.25, -0.2) is 29.2 Å². The zero-order chi connectivity index (χ0) is 27.6. The highest BCUT2D eigenvalue weighted by atomic mass is 32.1. The topological polar surface area (TPSA) is 118 Å². The second-order valence-corrected chi connectivity index (χ2v) is 9.85. The molecule has 0 fully saturated rings. The number of hydrogen-bond donors (Lipinski definition) is 3. The van der Waals surface area contributed by atoms with Crippen molar-refractivity contribution in [3.05, 3.63) is 101 Å². The molecule has 1 amide bonds. The predicted octanol–water partition coefficient (Wildman–Crippen LogP) is 5.85. The summed E-state index contributed by atoms with van der Waals surface area (Å²) in [4.78, 5) is 24.8. The molecule has 9 nitrogen and oxygen atoms in total. The Morgan fingerprint density at radius 1 is 1.05 bits per heavy atom. The Bertz CT molecular complexity index is 1920. The lowest BCUT2D eigenvalue weighted by Gasteiger charge is -2.10. The second kappa shape index (κ2) is 10.6. The van der Waals surface area contributed by atoms with E-state index in [4.69, 9.17) is 5.21 Å². The van der Waals surface area contributed by atoms with E-state index in [0.29, 0.717) is 27.8 Å². The SMILES string of the molecule is O=C(NO)/C(F)=C/c1cnc(-c2ccc3ncnc(Nc4ccc5c(cnn5Cc5cccc(F)c5)c4)c3c2)s1. The molecule has 3 aromatic carbocycles. The van der Waals surface area contributed by atoms with Crippen molar-refractivity contribution in [3.8, 4) is 10.6 Å². The summed E-state index contributed by atoms with van der Waals surface area (Å²) in [5.74, 6) is -2.06. The number of amides is 1. The zero-order valence-corrected chi connectivity index (χ0v) is 21.4. The molecule has 6 aromatic rings. The van der Waals surface area contributed by atoms with E-state index >= 15 is 0 Å². The third-order valence-electron chi connectivity index (χ3n) is 6.12. The first kappa shape index (κ1) is 25.2. The van der Waals surface area contributed by atoms with Crippen molar-refractivity contribution in [2.45, 2.75) is 6.54 Å². The van der Waals surface area contributed by atoms with Crippen LogP contribution in [0.3, 0.4) is 0 Å². The number of thiazole rings is 1. The van der Waals surface area contributed by atoms with Gasteiger partial charge in [-0.1, -0.05) is 12.1 Å². The van der Waals surface area contributed by atoms with E-state index < -0.39 is 11.7 Å². The predicted molar refractivity (Wildman–Crippen MR) is 148 cm³/mol. The molecule has 0 aliphatic carbocycles. The number of benzene rings is 3. The summed E-state index contributed by atoms with van der Waals surface area (Å²) in [6, 6.07) is 17.8. The lowest BCUT2D eigenvalue weighted by Crippen LogP contribution is -2.18. The molecule has 0 radical (unpaired) electrons. The van der Waals surface area contributed by atoms with Crippen LogP contribution in [0.1, 0.15) is 10.4 Å². The van der Waals surface area contributed by atoms with E-state index in [9.17, 15) is 13.6 Å². The molecule has 0 saturated carbocycles. The first-order valence-corrected chi connectivity index (χ1v) is 12.8. The first-order valence-electron chi connectivity index (χ1n) is 12.0. The van der Waals surface area contributed by atoms with Gasteiger partial charge in [0.2, 0.25) is 0 Å². The summed E-state index contributed by atoms with van der Waals surface area (Å²) in [7, 11) is 0. The summed E-state index contributed by atoms with van der Waals surface area (Å²) in [5.41, 5.74) is 5.25. The van der Waals surface area contributed by atoms with Gasteiger partial charge in [-0.3, -0.25) is 14.7 Å². The van der Waals surface area contributed by atoms with E-state index in [2.05, 4.69) is 25.4 Å². The zero-order valence-electron chi connectivity index (χ0n) is 20.5. The van der Waals surface area contributed by atoms with Crippen molar-refractivity contribution in [3.63, 3.8) is 0 Å². The molecule has 12 heteroatoms. The average molecular weight is 556 g/mol. The van der Waals surface area contributed by atoms with Crippen LogP contribution in [0.5, 0.6) is 0 Å². The molecule has 3 heterocycles. The largest absolute Gasteiger partial charge is 0.340 e. The number of nitrogens with one attached hydrogen (secondary N) is 2. The number of carbonyl (C=O) groups excluding carboxylic acids is 1. The molecule has 0 aliphatic rings. The number of nitrogens with zero attached hydrogens (tertiary/aromatic N) is 5. The van der Waals surface area contributed by atoms with Crippen LogP contribution in [0.15, 0.2) is 85.2 Å². The molecular weight excluding hydrogens is 536 g/mol. The molecule has 0 bridgehead atoms. The minimum atomic E-state index is -1.23. The van der Waals surface area contributed by atoms with Crippen LogP contribution in [-0.4, -0.2) is 35.8 Å². The van der Waals surface area contributed by atoms with Crippen LogP contribution >= 0.6 is 11.3 Å². The molecule has 3 N–H and O–H groups in total. The minimum absolute atomic E-state index is 0.284. The molecule has 198 valence electrons. The van der Waals surface area contributed by atoms with Crippen molar-refractivity contribution in [1.29, 1.82) is 0 Å². The standard InChI is InChI=1S/C28H19F2N7O2S/c29-19-3-1-2-16(8-19)14-37-25-7-5-20(9-18(25)12-34-37)35-26-22-10-17(4-6-24(22)32-15-33-26)28-31-13-21(40-28)11-23(30)27(38)36-39/h1-13,15,39H,14H2,(H,36,38)(H,32,33,35)/b23-11-. The first-order chi connectivity index (χ1) is 19.5. The summed E-state index contributed by atoms with van der Waals surface area (Å²) in [5, 5.41) is 18.7. The Kier molecular flexibility index (Phi) is 6.68. The lowest BCUT2D eigenvalue weighted by molar-refractivity contribution is -0.126. The molecule has 40 heavy (non-hydrogen) atoms. The van der Waals surface area contributed by atoms with Gasteiger partial charge in [-0.2, -0.15) is 5.10 Å². The molecule has 6 rings (SSSR count). The summed E-state index contributed by atoms with van der Waals surface area (Å²) < 4.78 is 29.2. The van der Waals surface area contributed by atoms with E-state index in [-0.39, 0.29) is 5.82 Å². The summed E-state index contributed by atoms with van der Waals surface area (Å²) in [6.07, 6.45) is 5.68. The molecule has 0 atom stereocenters. The van der Waals surface area contributed by atoms with Crippen molar-refractivity contribution < 1.29 is 18.8 Å². The summed E-state index contributed by atoms with van der Waals surface area (Å²) >= 11 is 1.19. The maximum atomic E-state index is 13.8. The highest BCUT2D eigenvalue weighted by Crippen LogP contribution is 2.32. The Morgan fingerprint density at radius 3 is 2.80 bits per heavy atom. The van der Waals surface area contributed by atoms with Gasteiger partial charge in [0.05, 0.1) is 28.7 Å². The number of rotatable bonds is 7. The van der Waals surface area contributed by atoms with Gasteiger partial charge in [0, 0.05) is 28.2 Å². The van der Waals surface area contributed by atoms with Crippen molar-refractivity contribution in [2.24, 2.45) is 0 Å². The Balaban J connectivity index is 1.27. The molecule has 0 spiro atoms. The van der Waals surface area contributed by atoms with Crippen LogP contribution in [0, 0.1) is 5.82 Å². The van der Waals surface area contributed by atoms with E-state index in [1.54, 1.807) is 12.3 Å². The quantitative estimate of drug-likeness (QED) is 0.128. The Morgan fingerprint density at radius 2 is 1.95 bits per heavy atom. The Labute approximate surface area is 229 Å². The molecule has 0 unspecified atom stereocenters. The number of fused-ring (bicyclic) bond motifs is 2. The number of hydrogen-bond acceptors (Lipinski definition) is 8. The van der Waals surface area contributed by atoms with Gasteiger partial charge in [-0.15, -0.1) is 11.3 Å². The fourth-order valence-electron chi connectivity index (χ4n) is 4.26. The molecule has 3 aromatic heterocycles. The number of hydroxylamine groups is 1. The molecular formula is C28H19F2N7O2S. The third-order valence-corrected chi connectivity index (χ3v) is 7.11. The van der Waals surface area contributed by atoms with Gasteiger partial charge in [0.25, 0.3) is 0 Å². The van der Waals surface area contributed by atoms with Crippen LogP contribution in [0.2, 0.25) is 0 Å². The Hall–Kier alpha value is -5.07. The third kappa shape index (κ3) is 5.13. The maximum Gasteiger partial charge on any atom is 0.303 e. The number of aromatic nitrogens is 5. The highest BCUT2D eigenvalue weighted by molar-refractivity contribution is 7.15. The highest BCUT2D eigenvalue weighted by Gasteiger charge is 2.12. The number of carbonyl (C=O) groups is 1. The lowest BCUT2D eigenvalue weighted by atomic mass is 10.1. The minimum Gasteiger partial charge on any atom is -0.340 e. The van der Waals surface area contributed by atoms with E-state index in [1.165, 1.54) is 41.5 Å². The van der Waals surface area contributed by atoms with Gasteiger partial charge in [0.15, 0.2) is 5.83 Å². The van der Waals surface area contributed by atoms with Crippen LogP contribution < -0.4 is 10.8 Å². The van der Waals surface area contributed by atoms with Gasteiger partial charge >= 0.3 is 5.91 Å². The monoisotopic (exact) mass is 555 g/mol. The maximum absolute atomic E-state index is 13.8. The number of halogens is 2. The molecule has 0 aliphatic heterocycles. The average Bonchev–Trinajstić information content (AvgIpc) is 3.59.